The lowest BCUT2D eigenvalue weighted by Gasteiger charge is -2.19. The van der Waals surface area contributed by atoms with E-state index in [-0.39, 0.29) is 0 Å². The Morgan fingerprint density at radius 1 is 1.19 bits per heavy atom. The fourth-order valence-corrected chi connectivity index (χ4v) is 1.62. The van der Waals surface area contributed by atoms with Crippen molar-refractivity contribution in [1.29, 1.82) is 0 Å². The van der Waals surface area contributed by atoms with Crippen molar-refractivity contribution in [2.24, 2.45) is 0 Å². The monoisotopic (exact) mass is 295 g/mol. The number of benzene rings is 1. The molecule has 21 heavy (non-hydrogen) atoms. The van der Waals surface area contributed by atoms with Gasteiger partial charge in [0.1, 0.15) is 11.8 Å². The van der Waals surface area contributed by atoms with Crippen molar-refractivity contribution >= 4 is 17.8 Å². The minimum absolute atomic E-state index is 0.320. The maximum Gasteiger partial charge on any atom is 0.326 e. The molecule has 0 saturated heterocycles. The molecule has 0 saturated carbocycles. The molecule has 0 radical (unpaired) electrons. The third-order valence-corrected chi connectivity index (χ3v) is 2.68. The molecule has 2 atom stereocenters. The molecule has 114 valence electrons. The molecular weight excluding hydrogens is 278 g/mol. The number of carbonyl (C=O) groups excluding carboxylic acids is 1. The van der Waals surface area contributed by atoms with Crippen LogP contribution in [-0.4, -0.2) is 40.2 Å². The van der Waals surface area contributed by atoms with Gasteiger partial charge in [-0.15, -0.1) is 0 Å². The van der Waals surface area contributed by atoms with E-state index in [1.54, 1.807) is 37.3 Å². The van der Waals surface area contributed by atoms with E-state index in [4.69, 9.17) is 14.9 Å². The molecule has 1 aromatic carbocycles. The van der Waals surface area contributed by atoms with E-state index in [1.807, 2.05) is 0 Å². The van der Waals surface area contributed by atoms with Gasteiger partial charge >= 0.3 is 11.9 Å². The normalized spacial score (nSPS) is 13.0. The zero-order valence-electron chi connectivity index (χ0n) is 11.5. The van der Waals surface area contributed by atoms with Crippen LogP contribution in [0, 0.1) is 0 Å². The Bertz CT molecular complexity index is 501. The second kappa shape index (κ2) is 7.88. The lowest BCUT2D eigenvalue weighted by Crippen LogP contribution is -2.47. The Morgan fingerprint density at radius 2 is 1.81 bits per heavy atom. The second-order valence-corrected chi connectivity index (χ2v) is 4.33. The van der Waals surface area contributed by atoms with Crippen molar-refractivity contribution in [2.75, 3.05) is 0 Å². The Morgan fingerprint density at radius 3 is 2.29 bits per heavy atom. The summed E-state index contributed by atoms with van der Waals surface area (Å²) in [6.07, 6.45) is -1.26. The summed E-state index contributed by atoms with van der Waals surface area (Å²) in [5.74, 6) is -2.89. The number of ether oxygens (including phenoxy) is 1. The summed E-state index contributed by atoms with van der Waals surface area (Å²) in [7, 11) is 0. The van der Waals surface area contributed by atoms with Gasteiger partial charge in [0.15, 0.2) is 6.10 Å². The molecule has 0 aliphatic heterocycles. The lowest BCUT2D eigenvalue weighted by atomic mass is 10.2. The smallest absolute Gasteiger partial charge is 0.326 e. The van der Waals surface area contributed by atoms with Gasteiger partial charge in [-0.2, -0.15) is 0 Å². The van der Waals surface area contributed by atoms with Crippen molar-refractivity contribution in [3.05, 3.63) is 30.3 Å². The van der Waals surface area contributed by atoms with Gasteiger partial charge in [0.2, 0.25) is 0 Å². The van der Waals surface area contributed by atoms with Gasteiger partial charge in [-0.25, -0.2) is 4.79 Å². The third-order valence-electron chi connectivity index (χ3n) is 2.68. The SMILES string of the molecule is CCC(Oc1ccccc1)C(=O)N[C@H](CC(=O)O)C(=O)O. The van der Waals surface area contributed by atoms with E-state index in [0.717, 1.165) is 0 Å². The molecule has 0 heterocycles. The van der Waals surface area contributed by atoms with E-state index in [1.165, 1.54) is 0 Å². The Hall–Kier alpha value is -2.57. The van der Waals surface area contributed by atoms with Crippen molar-refractivity contribution in [2.45, 2.75) is 31.9 Å². The molecule has 7 heteroatoms. The highest BCUT2D eigenvalue weighted by molar-refractivity contribution is 5.88. The lowest BCUT2D eigenvalue weighted by molar-refractivity contribution is -0.148. The molecule has 0 spiro atoms. The highest BCUT2D eigenvalue weighted by atomic mass is 16.5. The van der Waals surface area contributed by atoms with E-state index in [2.05, 4.69) is 5.32 Å². The van der Waals surface area contributed by atoms with Crippen LogP contribution >= 0.6 is 0 Å². The Labute approximate surface area is 121 Å². The van der Waals surface area contributed by atoms with Gasteiger partial charge in [0, 0.05) is 0 Å². The number of hydrogen-bond donors (Lipinski definition) is 3. The van der Waals surface area contributed by atoms with E-state index in [9.17, 15) is 14.4 Å². The van der Waals surface area contributed by atoms with Crippen molar-refractivity contribution in [3.8, 4) is 5.75 Å². The van der Waals surface area contributed by atoms with Gasteiger partial charge in [-0.1, -0.05) is 25.1 Å². The first-order valence-corrected chi connectivity index (χ1v) is 6.40. The van der Waals surface area contributed by atoms with Gasteiger partial charge in [0.05, 0.1) is 6.42 Å². The molecule has 0 aromatic heterocycles. The molecule has 1 unspecified atom stereocenters. The fourth-order valence-electron chi connectivity index (χ4n) is 1.62. The van der Waals surface area contributed by atoms with Gasteiger partial charge in [-0.3, -0.25) is 9.59 Å². The van der Waals surface area contributed by atoms with Crippen molar-refractivity contribution < 1.29 is 29.3 Å². The van der Waals surface area contributed by atoms with Crippen LogP contribution in [0.5, 0.6) is 5.75 Å². The maximum atomic E-state index is 12.0. The number of amides is 1. The third kappa shape index (κ3) is 5.52. The molecule has 1 amide bonds. The molecule has 0 bridgehead atoms. The molecule has 7 nitrogen and oxygen atoms in total. The minimum Gasteiger partial charge on any atom is -0.481 e. The molecular formula is C14H17NO6. The van der Waals surface area contributed by atoms with E-state index in [0.29, 0.717) is 12.2 Å². The summed E-state index contributed by atoms with van der Waals surface area (Å²) >= 11 is 0. The molecule has 1 aromatic rings. The standard InChI is InChI=1S/C14H17NO6/c1-2-11(21-9-6-4-3-5-7-9)13(18)15-10(14(19)20)8-12(16)17/h3-7,10-11H,2,8H2,1H3,(H,15,18)(H,16,17)(H,19,20)/t10-,11?/m1/s1. The quantitative estimate of drug-likeness (QED) is 0.656. The molecule has 0 fully saturated rings. The Balaban J connectivity index is 2.69. The van der Waals surface area contributed by atoms with Crippen LogP contribution in [0.3, 0.4) is 0 Å². The molecule has 3 N–H and O–H groups in total. The highest BCUT2D eigenvalue weighted by Crippen LogP contribution is 2.12. The van der Waals surface area contributed by atoms with E-state index >= 15 is 0 Å². The first kappa shape index (κ1) is 16.5. The van der Waals surface area contributed by atoms with Gasteiger partial charge in [-0.05, 0) is 18.6 Å². The molecule has 1 rings (SSSR count). The Kier molecular flexibility index (Phi) is 6.19. The summed E-state index contributed by atoms with van der Waals surface area (Å²) in [4.78, 5) is 33.5. The highest BCUT2D eigenvalue weighted by Gasteiger charge is 2.27. The zero-order valence-corrected chi connectivity index (χ0v) is 11.5. The number of carbonyl (C=O) groups is 3. The summed E-state index contributed by atoms with van der Waals surface area (Å²) in [5, 5.41) is 19.7. The van der Waals surface area contributed by atoms with Gasteiger partial charge in [0.25, 0.3) is 5.91 Å². The first-order chi connectivity index (χ1) is 9.93. The number of rotatable bonds is 8. The average molecular weight is 295 g/mol. The summed E-state index contributed by atoms with van der Waals surface area (Å²) in [5.41, 5.74) is 0. The fraction of sp³-hybridized carbons (Fsp3) is 0.357. The predicted octanol–water partition coefficient (Wildman–Crippen LogP) is 0.888. The zero-order chi connectivity index (χ0) is 15.8. The van der Waals surface area contributed by atoms with Crippen LogP contribution in [0.15, 0.2) is 30.3 Å². The van der Waals surface area contributed by atoms with Crippen LogP contribution in [0.25, 0.3) is 0 Å². The summed E-state index contributed by atoms with van der Waals surface area (Å²) in [6.45, 7) is 1.71. The average Bonchev–Trinajstić information content (AvgIpc) is 2.44. The van der Waals surface area contributed by atoms with Crippen molar-refractivity contribution in [3.63, 3.8) is 0 Å². The summed E-state index contributed by atoms with van der Waals surface area (Å²) < 4.78 is 5.46. The summed E-state index contributed by atoms with van der Waals surface area (Å²) in [6, 6.07) is 7.13. The van der Waals surface area contributed by atoms with Crippen LogP contribution in [0.4, 0.5) is 0 Å². The van der Waals surface area contributed by atoms with Crippen LogP contribution in [0.2, 0.25) is 0 Å². The largest absolute Gasteiger partial charge is 0.481 e. The number of nitrogens with one attached hydrogen (secondary N) is 1. The molecule has 0 aliphatic rings. The second-order valence-electron chi connectivity index (χ2n) is 4.33. The van der Waals surface area contributed by atoms with Crippen LogP contribution in [-0.2, 0) is 14.4 Å². The number of carboxylic acids is 2. The predicted molar refractivity (Wildman–Crippen MR) is 73.0 cm³/mol. The maximum absolute atomic E-state index is 12.0. The number of para-hydroxylation sites is 1. The number of hydrogen-bond acceptors (Lipinski definition) is 4. The van der Waals surface area contributed by atoms with Crippen molar-refractivity contribution in [1.82, 2.24) is 5.32 Å². The number of carboxylic acid groups (broad SMARTS) is 2. The van der Waals surface area contributed by atoms with Crippen LogP contribution in [0.1, 0.15) is 19.8 Å². The molecule has 0 aliphatic carbocycles. The topological polar surface area (TPSA) is 113 Å². The van der Waals surface area contributed by atoms with E-state index < -0.39 is 36.4 Å². The van der Waals surface area contributed by atoms with Gasteiger partial charge < -0.3 is 20.3 Å². The number of aliphatic carboxylic acids is 2. The first-order valence-electron chi connectivity index (χ1n) is 6.40. The van der Waals surface area contributed by atoms with Crippen LogP contribution < -0.4 is 10.1 Å². The minimum atomic E-state index is -1.48.